The van der Waals surface area contributed by atoms with Crippen LogP contribution in [0.25, 0.3) is 33.9 Å². The molecule has 2 heterocycles. The molecule has 0 radical (unpaired) electrons. The molecule has 0 unspecified atom stereocenters. The third-order valence-electron chi connectivity index (χ3n) is 3.98. The largest absolute Gasteiger partial charge is 0.337 e. The van der Waals surface area contributed by atoms with Gasteiger partial charge in [-0.2, -0.15) is 0 Å². The quantitative estimate of drug-likeness (QED) is 0.459. The molecular weight excluding hydrogens is 400 g/mol. The molecular formula is C20H12BrF2N3. The van der Waals surface area contributed by atoms with Crippen molar-refractivity contribution in [1.82, 2.24) is 15.0 Å². The van der Waals surface area contributed by atoms with E-state index in [-0.39, 0.29) is 11.6 Å². The molecule has 0 saturated heterocycles. The van der Waals surface area contributed by atoms with Gasteiger partial charge in [0.1, 0.15) is 17.5 Å². The van der Waals surface area contributed by atoms with Crippen LogP contribution in [0.5, 0.6) is 0 Å². The zero-order chi connectivity index (χ0) is 18.1. The van der Waals surface area contributed by atoms with Crippen molar-refractivity contribution >= 4 is 15.9 Å². The average Bonchev–Trinajstić information content (AvgIpc) is 3.11. The van der Waals surface area contributed by atoms with E-state index in [0.717, 1.165) is 22.4 Å². The Kier molecular flexibility index (Phi) is 4.34. The molecule has 0 bridgehead atoms. The first-order valence-electron chi connectivity index (χ1n) is 7.83. The van der Waals surface area contributed by atoms with Crippen molar-refractivity contribution in [2.24, 2.45) is 0 Å². The van der Waals surface area contributed by atoms with Crippen LogP contribution in [0.2, 0.25) is 0 Å². The first kappa shape index (κ1) is 16.6. The molecule has 0 saturated carbocycles. The van der Waals surface area contributed by atoms with Gasteiger partial charge in [-0.05, 0) is 70.5 Å². The summed E-state index contributed by atoms with van der Waals surface area (Å²) in [5, 5.41) is 0. The number of rotatable bonds is 3. The Morgan fingerprint density at radius 1 is 0.808 bits per heavy atom. The molecule has 0 spiro atoms. The second kappa shape index (κ2) is 6.80. The van der Waals surface area contributed by atoms with Crippen LogP contribution in [0.15, 0.2) is 71.5 Å². The summed E-state index contributed by atoms with van der Waals surface area (Å²) in [6.07, 6.45) is 3.39. The molecule has 0 amide bonds. The minimum atomic E-state index is -0.339. The molecule has 3 nitrogen and oxygen atoms in total. The molecule has 6 heteroatoms. The van der Waals surface area contributed by atoms with Gasteiger partial charge < -0.3 is 4.98 Å². The maximum absolute atomic E-state index is 13.5. The summed E-state index contributed by atoms with van der Waals surface area (Å²) in [4.78, 5) is 12.0. The maximum Gasteiger partial charge on any atom is 0.138 e. The number of aromatic nitrogens is 3. The summed E-state index contributed by atoms with van der Waals surface area (Å²) >= 11 is 3.20. The van der Waals surface area contributed by atoms with Gasteiger partial charge >= 0.3 is 0 Å². The Balaban J connectivity index is 1.90. The van der Waals surface area contributed by atoms with Crippen molar-refractivity contribution < 1.29 is 8.78 Å². The lowest BCUT2D eigenvalue weighted by molar-refractivity contribution is 0.621. The van der Waals surface area contributed by atoms with Crippen LogP contribution in [-0.4, -0.2) is 15.0 Å². The Bertz CT molecular complexity index is 1060. The number of imidazole rings is 1. The molecule has 4 rings (SSSR count). The zero-order valence-corrected chi connectivity index (χ0v) is 15.0. The van der Waals surface area contributed by atoms with Gasteiger partial charge in [0.05, 0.1) is 15.9 Å². The zero-order valence-electron chi connectivity index (χ0n) is 13.4. The summed E-state index contributed by atoms with van der Waals surface area (Å²) in [6, 6.07) is 14.6. The van der Waals surface area contributed by atoms with Gasteiger partial charge in [-0.3, -0.25) is 4.98 Å². The van der Waals surface area contributed by atoms with E-state index in [1.807, 2.05) is 12.1 Å². The SMILES string of the molecule is Fc1ccc(-c2nc(-c3ccc(F)c(Br)c3)[nH]c2-c2ccncc2)cc1. The van der Waals surface area contributed by atoms with Gasteiger partial charge in [-0.25, -0.2) is 13.8 Å². The lowest BCUT2D eigenvalue weighted by atomic mass is 10.1. The second-order valence-corrected chi connectivity index (χ2v) is 6.54. The molecule has 0 aliphatic carbocycles. The van der Waals surface area contributed by atoms with Gasteiger partial charge in [0, 0.05) is 29.1 Å². The number of nitrogens with zero attached hydrogens (tertiary/aromatic N) is 2. The number of hydrogen-bond donors (Lipinski definition) is 1. The number of H-pyrrole nitrogens is 1. The number of pyridine rings is 1. The highest BCUT2D eigenvalue weighted by atomic mass is 79.9. The third kappa shape index (κ3) is 3.15. The van der Waals surface area contributed by atoms with E-state index in [2.05, 4.69) is 30.9 Å². The molecule has 2 aromatic heterocycles. The fraction of sp³-hybridized carbons (Fsp3) is 0. The Labute approximate surface area is 156 Å². The number of nitrogens with one attached hydrogen (secondary N) is 1. The van der Waals surface area contributed by atoms with E-state index in [0.29, 0.717) is 16.0 Å². The van der Waals surface area contributed by atoms with Gasteiger partial charge in [0.2, 0.25) is 0 Å². The molecule has 26 heavy (non-hydrogen) atoms. The average molecular weight is 412 g/mol. The molecule has 1 N–H and O–H groups in total. The van der Waals surface area contributed by atoms with Gasteiger partial charge in [0.15, 0.2) is 0 Å². The normalized spacial score (nSPS) is 10.9. The first-order valence-corrected chi connectivity index (χ1v) is 8.63. The summed E-state index contributed by atoms with van der Waals surface area (Å²) in [5.41, 5.74) is 3.89. The molecule has 4 aromatic rings. The van der Waals surface area contributed by atoms with Crippen molar-refractivity contribution in [1.29, 1.82) is 0 Å². The topological polar surface area (TPSA) is 41.6 Å². The lowest BCUT2D eigenvalue weighted by Crippen LogP contribution is -1.84. The van der Waals surface area contributed by atoms with Crippen molar-refractivity contribution in [3.8, 4) is 33.9 Å². The predicted molar refractivity (Wildman–Crippen MR) is 100 cm³/mol. The second-order valence-electron chi connectivity index (χ2n) is 5.68. The van der Waals surface area contributed by atoms with Gasteiger partial charge in [-0.1, -0.05) is 0 Å². The molecule has 2 aromatic carbocycles. The fourth-order valence-corrected chi connectivity index (χ4v) is 3.08. The van der Waals surface area contributed by atoms with E-state index in [1.165, 1.54) is 18.2 Å². The highest BCUT2D eigenvalue weighted by Gasteiger charge is 2.16. The third-order valence-corrected chi connectivity index (χ3v) is 4.59. The van der Waals surface area contributed by atoms with E-state index in [1.54, 1.807) is 36.7 Å². The standard InChI is InChI=1S/C20H12BrF2N3/c21-16-11-14(3-6-17(16)23)20-25-18(12-1-4-15(22)5-2-12)19(26-20)13-7-9-24-10-8-13/h1-11H,(H,25,26). The molecule has 128 valence electrons. The van der Waals surface area contributed by atoms with Gasteiger partial charge in [0.25, 0.3) is 0 Å². The minimum absolute atomic E-state index is 0.308. The van der Waals surface area contributed by atoms with Crippen molar-refractivity contribution in [2.75, 3.05) is 0 Å². The van der Waals surface area contributed by atoms with Crippen LogP contribution in [0.4, 0.5) is 8.78 Å². The van der Waals surface area contributed by atoms with E-state index >= 15 is 0 Å². The summed E-state index contributed by atoms with van der Waals surface area (Å²) in [7, 11) is 0. The smallest absolute Gasteiger partial charge is 0.138 e. The predicted octanol–water partition coefficient (Wildman–Crippen LogP) is 5.85. The van der Waals surface area contributed by atoms with E-state index < -0.39 is 0 Å². The fourth-order valence-electron chi connectivity index (χ4n) is 2.70. The van der Waals surface area contributed by atoms with Crippen molar-refractivity contribution in [2.45, 2.75) is 0 Å². The van der Waals surface area contributed by atoms with Crippen LogP contribution in [0.1, 0.15) is 0 Å². The number of aromatic amines is 1. The van der Waals surface area contributed by atoms with E-state index in [4.69, 9.17) is 0 Å². The Morgan fingerprint density at radius 2 is 1.50 bits per heavy atom. The number of benzene rings is 2. The van der Waals surface area contributed by atoms with Crippen LogP contribution >= 0.6 is 15.9 Å². The lowest BCUT2D eigenvalue weighted by Gasteiger charge is -2.02. The molecule has 0 fully saturated rings. The maximum atomic E-state index is 13.5. The van der Waals surface area contributed by atoms with Crippen LogP contribution in [0.3, 0.4) is 0 Å². The monoisotopic (exact) mass is 411 g/mol. The van der Waals surface area contributed by atoms with E-state index in [9.17, 15) is 8.78 Å². The van der Waals surface area contributed by atoms with Crippen molar-refractivity contribution in [3.63, 3.8) is 0 Å². The van der Waals surface area contributed by atoms with Crippen LogP contribution in [-0.2, 0) is 0 Å². The highest BCUT2D eigenvalue weighted by Crippen LogP contribution is 2.33. The highest BCUT2D eigenvalue weighted by molar-refractivity contribution is 9.10. The van der Waals surface area contributed by atoms with Crippen LogP contribution < -0.4 is 0 Å². The summed E-state index contributed by atoms with van der Waals surface area (Å²) in [6.45, 7) is 0. The van der Waals surface area contributed by atoms with Crippen LogP contribution in [0, 0.1) is 11.6 Å². The summed E-state index contributed by atoms with van der Waals surface area (Å²) in [5.74, 6) is -0.0531. The Morgan fingerprint density at radius 3 is 2.19 bits per heavy atom. The Hall–Kier alpha value is -2.86. The van der Waals surface area contributed by atoms with Crippen molar-refractivity contribution in [3.05, 3.63) is 83.1 Å². The number of halogens is 3. The first-order chi connectivity index (χ1) is 12.6. The van der Waals surface area contributed by atoms with Gasteiger partial charge in [-0.15, -0.1) is 0 Å². The molecule has 0 aliphatic heterocycles. The molecule has 0 atom stereocenters. The summed E-state index contributed by atoms with van der Waals surface area (Å²) < 4.78 is 27.2. The minimum Gasteiger partial charge on any atom is -0.337 e. The molecule has 0 aliphatic rings. The number of hydrogen-bond acceptors (Lipinski definition) is 2.